The van der Waals surface area contributed by atoms with Crippen molar-refractivity contribution in [3.8, 4) is 0 Å². The van der Waals surface area contributed by atoms with Crippen LogP contribution in [0, 0.1) is 0 Å². The van der Waals surface area contributed by atoms with Crippen molar-refractivity contribution in [3.63, 3.8) is 0 Å². The molecule has 0 radical (unpaired) electrons. The van der Waals surface area contributed by atoms with E-state index in [1.54, 1.807) is 12.1 Å². The van der Waals surface area contributed by atoms with E-state index in [1.807, 2.05) is 0 Å². The molecule has 1 N–H and O–H groups in total. The van der Waals surface area contributed by atoms with E-state index in [9.17, 15) is 0 Å². The minimum atomic E-state index is -0.346. The average molecular weight is 201 g/mol. The molecule has 0 aliphatic rings. The molecule has 0 aromatic carbocycles. The lowest BCUT2D eigenvalue weighted by Crippen LogP contribution is -2.21. The van der Waals surface area contributed by atoms with Gasteiger partial charge < -0.3 is 5.32 Å². The summed E-state index contributed by atoms with van der Waals surface area (Å²) in [6.45, 7) is 9.25. The fourth-order valence-corrected chi connectivity index (χ4v) is 5.10. The molecule has 13 heavy (non-hydrogen) atoms. The number of unbranched alkanes of at least 4 members (excludes halogenated alkanes) is 1. The van der Waals surface area contributed by atoms with E-state index in [0.29, 0.717) is 0 Å². The molecule has 0 saturated heterocycles. The molecule has 0 bridgehead atoms. The van der Waals surface area contributed by atoms with Gasteiger partial charge in [0.05, 0.1) is 0 Å². The molecule has 0 aromatic heterocycles. The van der Waals surface area contributed by atoms with Gasteiger partial charge in [-0.3, -0.25) is 0 Å². The smallest absolute Gasteiger partial charge is 0.0380 e. The molecular weight excluding hydrogens is 174 g/mol. The van der Waals surface area contributed by atoms with Crippen molar-refractivity contribution < 1.29 is 0 Å². The Hall–Kier alpha value is 0.177. The van der Waals surface area contributed by atoms with Crippen molar-refractivity contribution in [2.24, 2.45) is 0 Å². The minimum absolute atomic E-state index is 0.346. The highest BCUT2D eigenvalue weighted by Crippen LogP contribution is 2.11. The molecule has 1 atom stereocenters. The lowest BCUT2D eigenvalue weighted by Gasteiger charge is -2.13. The van der Waals surface area contributed by atoms with Crippen LogP contribution in [0.1, 0.15) is 40.0 Å². The van der Waals surface area contributed by atoms with Gasteiger partial charge in [-0.2, -0.15) is 0 Å². The van der Waals surface area contributed by atoms with Crippen molar-refractivity contribution in [2.75, 3.05) is 13.1 Å². The molecule has 80 valence electrons. The summed E-state index contributed by atoms with van der Waals surface area (Å²) < 4.78 is 0. The first-order valence-electron chi connectivity index (χ1n) is 6.05. The standard InChI is InChI=1S/C11H27NSi/c1-4-7-10-13(9-5-2)11-8-12-6-3/h12-13H,4-11H2,1-3H3. The average Bonchev–Trinajstić information content (AvgIpc) is 2.14. The van der Waals surface area contributed by atoms with Crippen molar-refractivity contribution in [1.82, 2.24) is 5.32 Å². The number of hydrogen-bond acceptors (Lipinski definition) is 1. The summed E-state index contributed by atoms with van der Waals surface area (Å²) in [5.74, 6) is 0. The predicted molar refractivity (Wildman–Crippen MR) is 65.3 cm³/mol. The number of hydrogen-bond donors (Lipinski definition) is 1. The summed E-state index contributed by atoms with van der Waals surface area (Å²) >= 11 is 0. The van der Waals surface area contributed by atoms with Gasteiger partial charge in [0.1, 0.15) is 0 Å². The molecule has 0 amide bonds. The van der Waals surface area contributed by atoms with Crippen LogP contribution in [0.4, 0.5) is 0 Å². The molecule has 0 heterocycles. The van der Waals surface area contributed by atoms with E-state index in [-0.39, 0.29) is 8.80 Å². The number of rotatable bonds is 9. The van der Waals surface area contributed by atoms with Crippen molar-refractivity contribution in [2.45, 2.75) is 58.2 Å². The van der Waals surface area contributed by atoms with Crippen molar-refractivity contribution >= 4 is 8.80 Å². The Morgan fingerprint density at radius 2 is 1.69 bits per heavy atom. The fraction of sp³-hybridized carbons (Fsp3) is 1.00. The van der Waals surface area contributed by atoms with Crippen LogP contribution in [0.15, 0.2) is 0 Å². The molecule has 0 spiro atoms. The van der Waals surface area contributed by atoms with Gasteiger partial charge in [0.15, 0.2) is 0 Å². The molecular formula is C11H27NSi. The van der Waals surface area contributed by atoms with Crippen LogP contribution in [0.25, 0.3) is 0 Å². The molecule has 0 aliphatic heterocycles. The quantitative estimate of drug-likeness (QED) is 0.447. The Morgan fingerprint density at radius 1 is 0.923 bits per heavy atom. The largest absolute Gasteiger partial charge is 0.317 e. The van der Waals surface area contributed by atoms with Gasteiger partial charge in [-0.05, 0) is 19.1 Å². The van der Waals surface area contributed by atoms with Crippen LogP contribution in [-0.4, -0.2) is 21.9 Å². The minimum Gasteiger partial charge on any atom is -0.317 e. The summed E-state index contributed by atoms with van der Waals surface area (Å²) in [6.07, 6.45) is 4.27. The zero-order chi connectivity index (χ0) is 9.94. The summed E-state index contributed by atoms with van der Waals surface area (Å²) in [7, 11) is -0.346. The van der Waals surface area contributed by atoms with E-state index in [4.69, 9.17) is 0 Å². The SMILES string of the molecule is CCCC[SiH](CCC)CCNCC. The first-order chi connectivity index (χ1) is 6.35. The van der Waals surface area contributed by atoms with Gasteiger partial charge in [0.2, 0.25) is 0 Å². The van der Waals surface area contributed by atoms with Gasteiger partial charge in [-0.1, -0.05) is 52.1 Å². The van der Waals surface area contributed by atoms with Gasteiger partial charge in [0.25, 0.3) is 0 Å². The van der Waals surface area contributed by atoms with E-state index in [2.05, 4.69) is 26.1 Å². The highest BCUT2D eigenvalue weighted by molar-refractivity contribution is 6.58. The molecule has 2 heteroatoms. The summed E-state index contributed by atoms with van der Waals surface area (Å²) in [5, 5.41) is 3.45. The van der Waals surface area contributed by atoms with Gasteiger partial charge in [-0.15, -0.1) is 0 Å². The first-order valence-corrected chi connectivity index (χ1v) is 8.50. The summed E-state index contributed by atoms with van der Waals surface area (Å²) in [4.78, 5) is 0. The summed E-state index contributed by atoms with van der Waals surface area (Å²) in [5.41, 5.74) is 0. The Morgan fingerprint density at radius 3 is 2.23 bits per heavy atom. The van der Waals surface area contributed by atoms with E-state index < -0.39 is 0 Å². The van der Waals surface area contributed by atoms with Crippen LogP contribution in [0.3, 0.4) is 0 Å². The second kappa shape index (κ2) is 10.3. The van der Waals surface area contributed by atoms with Crippen LogP contribution in [-0.2, 0) is 0 Å². The van der Waals surface area contributed by atoms with Crippen molar-refractivity contribution in [3.05, 3.63) is 0 Å². The summed E-state index contributed by atoms with van der Waals surface area (Å²) in [6, 6.07) is 4.66. The molecule has 0 aliphatic carbocycles. The van der Waals surface area contributed by atoms with E-state index in [1.165, 1.54) is 31.9 Å². The molecule has 1 nitrogen and oxygen atoms in total. The van der Waals surface area contributed by atoms with Gasteiger partial charge in [0, 0.05) is 8.80 Å². The van der Waals surface area contributed by atoms with Crippen molar-refractivity contribution in [1.29, 1.82) is 0 Å². The monoisotopic (exact) mass is 201 g/mol. The topological polar surface area (TPSA) is 12.0 Å². The zero-order valence-corrected chi connectivity index (χ0v) is 10.9. The van der Waals surface area contributed by atoms with E-state index >= 15 is 0 Å². The Kier molecular flexibility index (Phi) is 10.4. The molecule has 0 aromatic rings. The predicted octanol–water partition coefficient (Wildman–Crippen LogP) is 3.03. The molecule has 0 saturated carbocycles. The normalized spacial score (nSPS) is 13.2. The zero-order valence-electron chi connectivity index (χ0n) is 9.73. The number of nitrogens with one attached hydrogen (secondary N) is 1. The van der Waals surface area contributed by atoms with Crippen LogP contribution >= 0.6 is 0 Å². The Labute approximate surface area is 85.9 Å². The molecule has 1 unspecified atom stereocenters. The highest BCUT2D eigenvalue weighted by Gasteiger charge is 2.07. The molecule has 0 fully saturated rings. The lowest BCUT2D eigenvalue weighted by molar-refractivity contribution is 0.750. The third kappa shape index (κ3) is 8.51. The maximum Gasteiger partial charge on any atom is 0.0380 e. The maximum atomic E-state index is 3.45. The second-order valence-corrected chi connectivity index (χ2v) is 7.40. The Bertz CT molecular complexity index is 96.1. The third-order valence-corrected chi connectivity index (χ3v) is 6.37. The first kappa shape index (κ1) is 13.2. The maximum absolute atomic E-state index is 3.45. The van der Waals surface area contributed by atoms with Crippen LogP contribution in [0.2, 0.25) is 18.1 Å². The van der Waals surface area contributed by atoms with Gasteiger partial charge in [-0.25, -0.2) is 0 Å². The second-order valence-electron chi connectivity index (χ2n) is 3.94. The Balaban J connectivity index is 3.41. The van der Waals surface area contributed by atoms with Crippen LogP contribution < -0.4 is 5.32 Å². The molecule has 0 rings (SSSR count). The van der Waals surface area contributed by atoms with Crippen LogP contribution in [0.5, 0.6) is 0 Å². The van der Waals surface area contributed by atoms with Gasteiger partial charge >= 0.3 is 0 Å². The fourth-order valence-electron chi connectivity index (χ4n) is 1.82. The lowest BCUT2D eigenvalue weighted by atomic mass is 10.4. The van der Waals surface area contributed by atoms with E-state index in [0.717, 1.165) is 6.54 Å². The third-order valence-electron chi connectivity index (χ3n) is 2.64. The highest BCUT2D eigenvalue weighted by atomic mass is 28.3.